The molecule has 0 aliphatic carbocycles. The quantitative estimate of drug-likeness (QED) is 0.481. The average Bonchev–Trinajstić information content (AvgIpc) is 2.26. The molecule has 0 aliphatic rings. The zero-order valence-corrected chi connectivity index (χ0v) is 15.4. The summed E-state index contributed by atoms with van der Waals surface area (Å²) in [5.74, 6) is 0. The fraction of sp³-hybridized carbons (Fsp3) is 1.00. The summed E-state index contributed by atoms with van der Waals surface area (Å²) in [7, 11) is 2.57. The number of hydrogen-bond acceptors (Lipinski definition) is 3. The van der Waals surface area contributed by atoms with Crippen LogP contribution >= 0.6 is 8.13 Å². The Morgan fingerprint density at radius 1 is 1.00 bits per heavy atom. The summed E-state index contributed by atoms with van der Waals surface area (Å²) in [5.41, 5.74) is 0. The van der Waals surface area contributed by atoms with Crippen molar-refractivity contribution in [1.29, 1.82) is 0 Å². The van der Waals surface area contributed by atoms with Crippen LogP contribution in [0.15, 0.2) is 0 Å². The van der Waals surface area contributed by atoms with Gasteiger partial charge in [0.05, 0.1) is 7.74 Å². The minimum Gasteiger partial charge on any atom is -0.376 e. The van der Waals surface area contributed by atoms with E-state index < -0.39 is 16.5 Å². The molecule has 104 valence electrons. The highest BCUT2D eigenvalue weighted by atomic mass is 31.3. The van der Waals surface area contributed by atoms with E-state index >= 15 is 0 Å². The van der Waals surface area contributed by atoms with E-state index in [-0.39, 0.29) is 0 Å². The Morgan fingerprint density at radius 2 is 1.47 bits per heavy atom. The van der Waals surface area contributed by atoms with Crippen molar-refractivity contribution in [2.75, 3.05) is 21.3 Å². The third-order valence-corrected chi connectivity index (χ3v) is 13.1. The molecule has 0 aromatic rings. The van der Waals surface area contributed by atoms with Crippen molar-refractivity contribution in [3.05, 3.63) is 0 Å². The maximum absolute atomic E-state index is 5.66. The number of hydrogen-bond donors (Lipinski definition) is 0. The Balaban J connectivity index is 4.85. The van der Waals surface area contributed by atoms with Gasteiger partial charge in [-0.25, -0.2) is 0 Å². The zero-order valence-electron chi connectivity index (χ0n) is 12.4. The average molecular weight is 296 g/mol. The molecule has 0 heterocycles. The fourth-order valence-corrected chi connectivity index (χ4v) is 16.1. The van der Waals surface area contributed by atoms with Crippen LogP contribution in [0.5, 0.6) is 0 Å². The Kier molecular flexibility index (Phi) is 8.37. The van der Waals surface area contributed by atoms with Gasteiger partial charge in [-0.05, 0) is 6.42 Å². The van der Waals surface area contributed by atoms with Crippen molar-refractivity contribution >= 4 is 24.7 Å². The highest BCUT2D eigenvalue weighted by Crippen LogP contribution is 2.40. The second kappa shape index (κ2) is 8.02. The van der Waals surface area contributed by atoms with Crippen LogP contribution in [0.2, 0.25) is 19.6 Å². The zero-order chi connectivity index (χ0) is 13.5. The topological polar surface area (TPSA) is 27.7 Å². The van der Waals surface area contributed by atoms with Crippen molar-refractivity contribution in [2.24, 2.45) is 0 Å². The predicted octanol–water partition coefficient (Wildman–Crippen LogP) is 3.48. The molecule has 2 atom stereocenters. The third-order valence-electron chi connectivity index (χ3n) is 2.73. The van der Waals surface area contributed by atoms with Crippen LogP contribution in [-0.4, -0.2) is 43.2 Å². The van der Waals surface area contributed by atoms with Crippen LogP contribution in [0.3, 0.4) is 0 Å². The van der Waals surface area contributed by atoms with Gasteiger partial charge in [-0.15, -0.1) is 8.13 Å². The van der Waals surface area contributed by atoms with E-state index in [2.05, 4.69) is 26.6 Å². The number of unbranched alkanes of at least 4 members (excludes halogenated alkanes) is 1. The van der Waals surface area contributed by atoms with Crippen LogP contribution in [0.25, 0.3) is 0 Å². The minimum absolute atomic E-state index is 0.481. The monoisotopic (exact) mass is 296 g/mol. The molecule has 0 fully saturated rings. The first-order valence-electron chi connectivity index (χ1n) is 6.28. The summed E-state index contributed by atoms with van der Waals surface area (Å²) in [5, 5.41) is 0.481. The summed E-state index contributed by atoms with van der Waals surface area (Å²) >= 11 is 0. The lowest BCUT2D eigenvalue weighted by Gasteiger charge is -2.35. The highest BCUT2D eigenvalue weighted by Gasteiger charge is 2.48. The van der Waals surface area contributed by atoms with E-state index in [1.54, 1.807) is 21.3 Å². The van der Waals surface area contributed by atoms with E-state index in [9.17, 15) is 0 Å². The summed E-state index contributed by atoms with van der Waals surface area (Å²) in [6, 6.07) is 0. The number of rotatable bonds is 9. The van der Waals surface area contributed by atoms with Gasteiger partial charge >= 0.3 is 8.80 Å². The first-order valence-corrected chi connectivity index (χ1v) is 13.7. The van der Waals surface area contributed by atoms with E-state index in [0.717, 1.165) is 8.13 Å². The van der Waals surface area contributed by atoms with Crippen LogP contribution in [0.1, 0.15) is 26.2 Å². The van der Waals surface area contributed by atoms with E-state index in [1.165, 1.54) is 19.3 Å². The smallest absolute Gasteiger partial charge is 0.376 e. The lowest BCUT2D eigenvalue weighted by atomic mass is 10.3. The predicted molar refractivity (Wildman–Crippen MR) is 81.8 cm³/mol. The van der Waals surface area contributed by atoms with Crippen molar-refractivity contribution in [2.45, 2.75) is 51.1 Å². The van der Waals surface area contributed by atoms with Gasteiger partial charge in [-0.3, -0.25) is 0 Å². The first kappa shape index (κ1) is 17.7. The summed E-state index contributed by atoms with van der Waals surface area (Å²) < 4.78 is 17.0. The lowest BCUT2D eigenvalue weighted by molar-refractivity contribution is 0.120. The van der Waals surface area contributed by atoms with Crippen LogP contribution in [0, 0.1) is 0 Å². The van der Waals surface area contributed by atoms with Gasteiger partial charge in [0, 0.05) is 26.6 Å². The molecule has 0 N–H and O–H groups in total. The normalized spacial score (nSPS) is 15.7. The SMILES string of the molecule is CCCCC(P[Si](C)(C)C)[Si](OC)(OC)OC. The molecule has 3 nitrogen and oxygen atoms in total. The van der Waals surface area contributed by atoms with Gasteiger partial charge in [0.1, 0.15) is 0 Å². The van der Waals surface area contributed by atoms with Gasteiger partial charge in [0.25, 0.3) is 0 Å². The van der Waals surface area contributed by atoms with E-state index in [0.29, 0.717) is 5.28 Å². The third kappa shape index (κ3) is 5.94. The Hall–Kier alpha value is 0.744. The molecular weight excluding hydrogens is 267 g/mol. The molecule has 17 heavy (non-hydrogen) atoms. The van der Waals surface area contributed by atoms with E-state index in [4.69, 9.17) is 13.3 Å². The van der Waals surface area contributed by atoms with Crippen molar-refractivity contribution in [3.63, 3.8) is 0 Å². The molecule has 0 aromatic heterocycles. The maximum Gasteiger partial charge on any atom is 0.507 e. The van der Waals surface area contributed by atoms with Crippen molar-refractivity contribution < 1.29 is 13.3 Å². The molecule has 0 spiro atoms. The highest BCUT2D eigenvalue weighted by molar-refractivity contribution is 7.83. The second-order valence-electron chi connectivity index (χ2n) is 5.31. The van der Waals surface area contributed by atoms with Gasteiger partial charge in [-0.1, -0.05) is 39.4 Å². The molecule has 0 amide bonds. The molecule has 0 saturated heterocycles. The molecule has 0 rings (SSSR count). The van der Waals surface area contributed by atoms with Crippen molar-refractivity contribution in [3.8, 4) is 0 Å². The van der Waals surface area contributed by atoms with Crippen molar-refractivity contribution in [1.82, 2.24) is 0 Å². The van der Waals surface area contributed by atoms with Gasteiger partial charge in [-0.2, -0.15) is 0 Å². The molecule has 0 aromatic carbocycles. The molecule has 0 radical (unpaired) electrons. The second-order valence-corrected chi connectivity index (χ2v) is 19.9. The van der Waals surface area contributed by atoms with Gasteiger partial charge < -0.3 is 13.3 Å². The fourth-order valence-electron chi connectivity index (χ4n) is 1.95. The summed E-state index contributed by atoms with van der Waals surface area (Å²) in [4.78, 5) is 0. The molecule has 6 heteroatoms. The largest absolute Gasteiger partial charge is 0.507 e. The van der Waals surface area contributed by atoms with Crippen LogP contribution in [0.4, 0.5) is 0 Å². The molecule has 0 aliphatic heterocycles. The summed E-state index contributed by atoms with van der Waals surface area (Å²) in [6.07, 6.45) is 3.61. The van der Waals surface area contributed by atoms with E-state index in [1.807, 2.05) is 0 Å². The Bertz CT molecular complexity index is 197. The van der Waals surface area contributed by atoms with Gasteiger partial charge in [0.15, 0.2) is 0 Å². The summed E-state index contributed by atoms with van der Waals surface area (Å²) in [6.45, 7) is 9.45. The van der Waals surface area contributed by atoms with Crippen LogP contribution < -0.4 is 0 Å². The molecule has 2 unspecified atom stereocenters. The minimum atomic E-state index is -2.45. The standard InChI is InChI=1S/C11H29O3PSi2/c1-8-9-10-11(15-16(5,6)7)17(12-2,13-3)14-4/h11,15H,8-10H2,1-7H3. The van der Waals surface area contributed by atoms with Gasteiger partial charge in [0.2, 0.25) is 0 Å². The Morgan fingerprint density at radius 3 is 1.76 bits per heavy atom. The molecule has 0 bridgehead atoms. The van der Waals surface area contributed by atoms with Crippen LogP contribution in [-0.2, 0) is 13.3 Å². The first-order chi connectivity index (χ1) is 7.85. The molecular formula is C11H29O3PSi2. The Labute approximate surface area is 111 Å². The molecule has 0 saturated carbocycles. The maximum atomic E-state index is 5.66. The lowest BCUT2D eigenvalue weighted by Crippen LogP contribution is -2.53.